The second kappa shape index (κ2) is 3.59. The fraction of sp³-hybridized carbons (Fsp3) is 0.600. The average molecular weight is 212 g/mol. The first kappa shape index (κ1) is 10.6. The number of ether oxygens (including phenoxy) is 1. The van der Waals surface area contributed by atoms with Gasteiger partial charge in [0, 0.05) is 0 Å². The number of hydrogen-bond acceptors (Lipinski definition) is 5. The van der Waals surface area contributed by atoms with Crippen LogP contribution < -0.4 is 0 Å². The lowest BCUT2D eigenvalue weighted by atomic mass is 9.90. The maximum atomic E-state index is 9.60. The SMILES string of the molecule is OC[C@H](O)C#C[C@@]12O[C@@H]1[C@@H](O)C=C[C@@H]2O. The van der Waals surface area contributed by atoms with Gasteiger partial charge in [-0.25, -0.2) is 0 Å². The summed E-state index contributed by atoms with van der Waals surface area (Å²) in [6, 6.07) is 0. The number of hydrogen-bond donors (Lipinski definition) is 4. The predicted molar refractivity (Wildman–Crippen MR) is 49.6 cm³/mol. The van der Waals surface area contributed by atoms with E-state index in [-0.39, 0.29) is 0 Å². The molecule has 0 aromatic heterocycles. The smallest absolute Gasteiger partial charge is 0.187 e. The van der Waals surface area contributed by atoms with Crippen LogP contribution in [0.5, 0.6) is 0 Å². The van der Waals surface area contributed by atoms with Crippen molar-refractivity contribution >= 4 is 0 Å². The first-order chi connectivity index (χ1) is 7.10. The lowest BCUT2D eigenvalue weighted by Crippen LogP contribution is -2.37. The molecule has 0 saturated carbocycles. The second-order valence-electron chi connectivity index (χ2n) is 3.62. The molecular weight excluding hydrogens is 200 g/mol. The summed E-state index contributed by atoms with van der Waals surface area (Å²) in [6.45, 7) is -0.470. The zero-order valence-electron chi connectivity index (χ0n) is 7.87. The van der Waals surface area contributed by atoms with E-state index in [1.807, 2.05) is 0 Å². The minimum atomic E-state index is -1.15. The summed E-state index contributed by atoms with van der Waals surface area (Å²) >= 11 is 0. The molecule has 5 heteroatoms. The number of epoxide rings is 1. The van der Waals surface area contributed by atoms with Gasteiger partial charge in [0.25, 0.3) is 0 Å². The molecule has 1 aliphatic carbocycles. The van der Waals surface area contributed by atoms with Crippen molar-refractivity contribution in [2.45, 2.75) is 30.0 Å². The number of aliphatic hydroxyl groups excluding tert-OH is 4. The highest BCUT2D eigenvalue weighted by Crippen LogP contribution is 2.44. The molecular formula is C10H12O5. The van der Waals surface area contributed by atoms with Gasteiger partial charge in [0.1, 0.15) is 24.4 Å². The van der Waals surface area contributed by atoms with Gasteiger partial charge in [-0.2, -0.15) is 0 Å². The van der Waals surface area contributed by atoms with E-state index in [0.29, 0.717) is 0 Å². The molecule has 0 amide bonds. The summed E-state index contributed by atoms with van der Waals surface area (Å²) in [5.74, 6) is 4.92. The molecule has 5 nitrogen and oxygen atoms in total. The van der Waals surface area contributed by atoms with Crippen molar-refractivity contribution in [3.8, 4) is 11.8 Å². The van der Waals surface area contributed by atoms with E-state index < -0.39 is 36.6 Å². The third-order valence-electron chi connectivity index (χ3n) is 2.53. The van der Waals surface area contributed by atoms with Crippen LogP contribution in [0.4, 0.5) is 0 Å². The van der Waals surface area contributed by atoms with Crippen LogP contribution in [0.25, 0.3) is 0 Å². The Kier molecular flexibility index (Phi) is 2.54. The molecule has 1 heterocycles. The van der Waals surface area contributed by atoms with Gasteiger partial charge in [0.2, 0.25) is 0 Å². The lowest BCUT2D eigenvalue weighted by Gasteiger charge is -2.16. The summed E-state index contributed by atoms with van der Waals surface area (Å²) in [5.41, 5.74) is -1.11. The Balaban J connectivity index is 2.15. The van der Waals surface area contributed by atoms with Crippen molar-refractivity contribution in [3.63, 3.8) is 0 Å². The standard InChI is InChI=1S/C10H12O5/c11-5-6(12)3-4-10-8(14)2-1-7(13)9(10)15-10/h1-2,6-9,11-14H,5H2/t6-,7+,8+,9-,10+/m1/s1. The Labute approximate surface area is 86.6 Å². The molecule has 0 radical (unpaired) electrons. The van der Waals surface area contributed by atoms with Gasteiger partial charge in [0.05, 0.1) is 6.61 Å². The fourth-order valence-electron chi connectivity index (χ4n) is 1.62. The first-order valence-electron chi connectivity index (χ1n) is 4.64. The molecule has 2 aliphatic rings. The number of aliphatic hydroxyl groups is 4. The van der Waals surface area contributed by atoms with Crippen molar-refractivity contribution in [2.24, 2.45) is 0 Å². The average Bonchev–Trinajstić information content (AvgIpc) is 2.98. The molecule has 4 N–H and O–H groups in total. The van der Waals surface area contributed by atoms with E-state index in [9.17, 15) is 10.2 Å². The van der Waals surface area contributed by atoms with E-state index in [4.69, 9.17) is 14.9 Å². The molecule has 1 fully saturated rings. The number of rotatable bonds is 1. The van der Waals surface area contributed by atoms with Crippen LogP contribution in [0.15, 0.2) is 12.2 Å². The maximum absolute atomic E-state index is 9.60. The van der Waals surface area contributed by atoms with Gasteiger partial charge < -0.3 is 25.2 Å². The maximum Gasteiger partial charge on any atom is 0.187 e. The third-order valence-corrected chi connectivity index (χ3v) is 2.53. The van der Waals surface area contributed by atoms with Crippen LogP contribution in [-0.4, -0.2) is 57.0 Å². The van der Waals surface area contributed by atoms with E-state index in [1.54, 1.807) is 0 Å². The van der Waals surface area contributed by atoms with Crippen LogP contribution in [-0.2, 0) is 4.74 Å². The molecule has 0 aromatic carbocycles. The first-order valence-corrected chi connectivity index (χ1v) is 4.64. The Morgan fingerprint density at radius 2 is 2.13 bits per heavy atom. The van der Waals surface area contributed by atoms with Crippen LogP contribution in [0, 0.1) is 11.8 Å². The summed E-state index contributed by atoms with van der Waals surface area (Å²) < 4.78 is 5.16. The zero-order valence-corrected chi connectivity index (χ0v) is 7.87. The Morgan fingerprint density at radius 3 is 2.80 bits per heavy atom. The largest absolute Gasteiger partial charge is 0.393 e. The molecule has 0 unspecified atom stereocenters. The van der Waals surface area contributed by atoms with E-state index in [1.165, 1.54) is 12.2 Å². The molecule has 0 spiro atoms. The molecule has 0 bridgehead atoms. The minimum Gasteiger partial charge on any atom is -0.393 e. The van der Waals surface area contributed by atoms with E-state index >= 15 is 0 Å². The van der Waals surface area contributed by atoms with E-state index in [2.05, 4.69) is 11.8 Å². The zero-order chi connectivity index (χ0) is 11.1. The normalized spacial score (nSPS) is 43.9. The summed E-state index contributed by atoms with van der Waals surface area (Å²) in [6.07, 6.45) is -0.535. The van der Waals surface area contributed by atoms with Crippen molar-refractivity contribution in [3.05, 3.63) is 12.2 Å². The minimum absolute atomic E-state index is 0.470. The topological polar surface area (TPSA) is 93.5 Å². The van der Waals surface area contributed by atoms with Crippen LogP contribution in [0.3, 0.4) is 0 Å². The monoisotopic (exact) mass is 212 g/mol. The quantitative estimate of drug-likeness (QED) is 0.224. The lowest BCUT2D eigenvalue weighted by molar-refractivity contribution is 0.134. The summed E-state index contributed by atoms with van der Waals surface area (Å²) in [5, 5.41) is 36.6. The Hall–Kier alpha value is -0.900. The van der Waals surface area contributed by atoms with Crippen molar-refractivity contribution < 1.29 is 25.2 Å². The molecule has 0 aromatic rings. The highest BCUT2D eigenvalue weighted by Gasteiger charge is 2.64. The van der Waals surface area contributed by atoms with Gasteiger partial charge in [-0.3, -0.25) is 0 Å². The van der Waals surface area contributed by atoms with Gasteiger partial charge in [0.15, 0.2) is 5.60 Å². The second-order valence-corrected chi connectivity index (χ2v) is 3.62. The van der Waals surface area contributed by atoms with Gasteiger partial charge in [-0.15, -0.1) is 0 Å². The Bertz CT molecular complexity index is 341. The van der Waals surface area contributed by atoms with Crippen LogP contribution in [0.1, 0.15) is 0 Å². The van der Waals surface area contributed by atoms with Crippen molar-refractivity contribution in [1.82, 2.24) is 0 Å². The fourth-order valence-corrected chi connectivity index (χ4v) is 1.62. The van der Waals surface area contributed by atoms with Crippen molar-refractivity contribution in [1.29, 1.82) is 0 Å². The highest BCUT2D eigenvalue weighted by atomic mass is 16.6. The molecule has 5 atom stereocenters. The predicted octanol–water partition coefficient (Wildman–Crippen LogP) is -2.23. The van der Waals surface area contributed by atoms with E-state index in [0.717, 1.165) is 0 Å². The summed E-state index contributed by atoms with van der Waals surface area (Å²) in [4.78, 5) is 0. The molecule has 1 saturated heterocycles. The molecule has 2 rings (SSSR count). The molecule has 1 aliphatic heterocycles. The van der Waals surface area contributed by atoms with Crippen molar-refractivity contribution in [2.75, 3.05) is 6.61 Å². The molecule has 82 valence electrons. The van der Waals surface area contributed by atoms with Gasteiger partial charge in [-0.05, 0) is 0 Å². The van der Waals surface area contributed by atoms with Crippen LogP contribution in [0.2, 0.25) is 0 Å². The Morgan fingerprint density at radius 1 is 1.40 bits per heavy atom. The van der Waals surface area contributed by atoms with Gasteiger partial charge in [-0.1, -0.05) is 24.0 Å². The molecule has 15 heavy (non-hydrogen) atoms. The van der Waals surface area contributed by atoms with Gasteiger partial charge >= 0.3 is 0 Å². The number of fused-ring (bicyclic) bond motifs is 1. The third kappa shape index (κ3) is 1.67. The van der Waals surface area contributed by atoms with Crippen LogP contribution >= 0.6 is 0 Å². The summed E-state index contributed by atoms with van der Waals surface area (Å²) in [7, 11) is 0. The highest BCUT2D eigenvalue weighted by molar-refractivity contribution is 5.37.